The van der Waals surface area contributed by atoms with Gasteiger partial charge >= 0.3 is 6.03 Å². The minimum Gasteiger partial charge on any atom is -0.351 e. The minimum absolute atomic E-state index is 0.0752. The maximum Gasteiger partial charge on any atom is 0.317 e. The number of primary amides is 1. The summed E-state index contributed by atoms with van der Waals surface area (Å²) in [5.41, 5.74) is 11.3. The van der Waals surface area contributed by atoms with Gasteiger partial charge in [0.05, 0.1) is 11.7 Å². The van der Waals surface area contributed by atoms with Crippen molar-refractivity contribution in [3.8, 4) is 0 Å². The van der Waals surface area contributed by atoms with E-state index in [-0.39, 0.29) is 11.6 Å². The Balaban J connectivity index is 2.03. The van der Waals surface area contributed by atoms with E-state index in [1.807, 2.05) is 37.3 Å². The largest absolute Gasteiger partial charge is 0.351 e. The molecule has 0 radical (unpaired) electrons. The lowest BCUT2D eigenvalue weighted by molar-refractivity contribution is 0.251. The van der Waals surface area contributed by atoms with E-state index in [1.165, 1.54) is 10.6 Å². The van der Waals surface area contributed by atoms with Gasteiger partial charge in [0, 0.05) is 19.3 Å². The van der Waals surface area contributed by atoms with Gasteiger partial charge in [-0.05, 0) is 30.2 Å². The maximum absolute atomic E-state index is 11.6. The first kappa shape index (κ1) is 15.8. The zero-order chi connectivity index (χ0) is 17.3. The number of carbonyl (C=O) groups excluding carboxylic acids is 1. The number of amides is 2. The van der Waals surface area contributed by atoms with Crippen LogP contribution in [0.2, 0.25) is 0 Å². The van der Waals surface area contributed by atoms with Gasteiger partial charge in [0.15, 0.2) is 0 Å². The van der Waals surface area contributed by atoms with Crippen LogP contribution in [0.15, 0.2) is 64.9 Å². The number of pyridine rings is 1. The second kappa shape index (κ2) is 6.21. The van der Waals surface area contributed by atoms with Crippen molar-refractivity contribution in [2.75, 3.05) is 5.01 Å². The quantitative estimate of drug-likeness (QED) is 0.794. The van der Waals surface area contributed by atoms with Crippen molar-refractivity contribution in [1.29, 1.82) is 0 Å². The number of nitrogens with one attached hydrogen (secondary N) is 2. The van der Waals surface area contributed by atoms with Crippen LogP contribution in [0.3, 0.4) is 0 Å². The highest BCUT2D eigenvalue weighted by atomic mass is 16.2. The number of nitrogens with two attached hydrogens (primary N) is 1. The number of nitrogens with zero attached hydrogens (tertiary/aromatic N) is 2. The third-order valence-electron chi connectivity index (χ3n) is 3.99. The van der Waals surface area contributed by atoms with Crippen LogP contribution in [0.4, 0.5) is 10.5 Å². The molecule has 3 rings (SSSR count). The van der Waals surface area contributed by atoms with Crippen LogP contribution in [-0.4, -0.2) is 10.6 Å². The number of aromatic nitrogens is 1. The molecule has 0 bridgehead atoms. The SMILES string of the molecule is CC1=C(NC(N)=O)N(c2ccccc2)NC1c1ccc(=O)n(C)c1. The third-order valence-corrected chi connectivity index (χ3v) is 3.99. The average molecular weight is 325 g/mol. The van der Waals surface area contributed by atoms with E-state index in [0.717, 1.165) is 16.8 Å². The van der Waals surface area contributed by atoms with Gasteiger partial charge in [-0.3, -0.25) is 15.1 Å². The van der Waals surface area contributed by atoms with Gasteiger partial charge in [-0.2, -0.15) is 0 Å². The van der Waals surface area contributed by atoms with Gasteiger partial charge < -0.3 is 10.3 Å². The van der Waals surface area contributed by atoms with Crippen molar-refractivity contribution in [3.05, 3.63) is 76.0 Å². The second-order valence-electron chi connectivity index (χ2n) is 5.67. The summed E-state index contributed by atoms with van der Waals surface area (Å²) in [6, 6.07) is 12.1. The van der Waals surface area contributed by atoms with E-state index < -0.39 is 6.03 Å². The molecular formula is C17H19N5O2. The number of rotatable bonds is 3. The molecule has 0 saturated carbocycles. The van der Waals surface area contributed by atoms with Gasteiger partial charge in [0.25, 0.3) is 0 Å². The number of aryl methyl sites for hydroxylation is 1. The molecule has 2 heterocycles. The summed E-state index contributed by atoms with van der Waals surface area (Å²) >= 11 is 0. The van der Waals surface area contributed by atoms with Crippen LogP contribution in [0, 0.1) is 0 Å². The number of anilines is 1. The molecule has 124 valence electrons. The lowest BCUT2D eigenvalue weighted by Crippen LogP contribution is -2.41. The van der Waals surface area contributed by atoms with Crippen LogP contribution >= 0.6 is 0 Å². The summed E-state index contributed by atoms with van der Waals surface area (Å²) in [6.07, 6.45) is 1.78. The molecule has 1 aliphatic rings. The number of hydrogen-bond donors (Lipinski definition) is 3. The summed E-state index contributed by atoms with van der Waals surface area (Å²) in [5, 5.41) is 4.47. The Hall–Kier alpha value is -3.06. The lowest BCUT2D eigenvalue weighted by Gasteiger charge is -2.23. The fourth-order valence-electron chi connectivity index (χ4n) is 2.77. The number of urea groups is 1. The lowest BCUT2D eigenvalue weighted by atomic mass is 10.0. The van der Waals surface area contributed by atoms with Crippen molar-refractivity contribution in [2.45, 2.75) is 13.0 Å². The molecule has 1 aromatic carbocycles. The Kier molecular flexibility index (Phi) is 4.09. The first-order chi connectivity index (χ1) is 11.5. The summed E-state index contributed by atoms with van der Waals surface area (Å²) in [6.45, 7) is 1.91. The van der Waals surface area contributed by atoms with E-state index in [1.54, 1.807) is 24.3 Å². The summed E-state index contributed by atoms with van der Waals surface area (Å²) in [4.78, 5) is 23.0. The Morgan fingerprint density at radius 3 is 2.54 bits per heavy atom. The number of carbonyl (C=O) groups is 1. The zero-order valence-electron chi connectivity index (χ0n) is 13.5. The Bertz CT molecular complexity index is 857. The van der Waals surface area contributed by atoms with Crippen molar-refractivity contribution in [1.82, 2.24) is 15.3 Å². The standard InChI is InChI=1S/C17H19N5O2/c1-11-15(12-8-9-14(23)21(2)10-12)20-22(16(11)19-17(18)24)13-6-4-3-5-7-13/h3-10,15,20H,1-2H3,(H3,18,19,24). The average Bonchev–Trinajstić information content (AvgIpc) is 2.87. The van der Waals surface area contributed by atoms with Crippen LogP contribution in [-0.2, 0) is 7.05 Å². The topological polar surface area (TPSA) is 92.4 Å². The van der Waals surface area contributed by atoms with E-state index in [0.29, 0.717) is 5.82 Å². The zero-order valence-corrected chi connectivity index (χ0v) is 13.5. The highest BCUT2D eigenvalue weighted by Gasteiger charge is 2.31. The monoisotopic (exact) mass is 325 g/mol. The highest BCUT2D eigenvalue weighted by Crippen LogP contribution is 2.33. The molecule has 24 heavy (non-hydrogen) atoms. The van der Waals surface area contributed by atoms with Crippen molar-refractivity contribution in [2.24, 2.45) is 12.8 Å². The molecule has 1 atom stereocenters. The van der Waals surface area contributed by atoms with E-state index in [4.69, 9.17) is 5.73 Å². The predicted molar refractivity (Wildman–Crippen MR) is 91.9 cm³/mol. The second-order valence-corrected chi connectivity index (χ2v) is 5.67. The number of hydrazine groups is 1. The van der Waals surface area contributed by atoms with Gasteiger partial charge in [-0.1, -0.05) is 24.3 Å². The van der Waals surface area contributed by atoms with Crippen LogP contribution < -0.4 is 27.0 Å². The number of benzene rings is 1. The smallest absolute Gasteiger partial charge is 0.317 e. The Morgan fingerprint density at radius 1 is 1.21 bits per heavy atom. The van der Waals surface area contributed by atoms with Gasteiger partial charge in [-0.25, -0.2) is 10.2 Å². The molecule has 2 aromatic rings. The molecule has 7 heteroatoms. The molecule has 0 fully saturated rings. The summed E-state index contributed by atoms with van der Waals surface area (Å²) in [7, 11) is 1.71. The Labute approximate surface area is 139 Å². The molecule has 1 unspecified atom stereocenters. The molecule has 1 aliphatic heterocycles. The highest BCUT2D eigenvalue weighted by molar-refractivity contribution is 5.75. The van der Waals surface area contributed by atoms with Gasteiger partial charge in [-0.15, -0.1) is 0 Å². The minimum atomic E-state index is -0.631. The fourth-order valence-corrected chi connectivity index (χ4v) is 2.77. The first-order valence-corrected chi connectivity index (χ1v) is 7.52. The molecule has 0 saturated heterocycles. The molecule has 4 N–H and O–H groups in total. The Morgan fingerprint density at radius 2 is 1.92 bits per heavy atom. The molecule has 0 aliphatic carbocycles. The van der Waals surface area contributed by atoms with Gasteiger partial charge in [0.1, 0.15) is 5.82 Å². The van der Waals surface area contributed by atoms with Crippen LogP contribution in [0.5, 0.6) is 0 Å². The first-order valence-electron chi connectivity index (χ1n) is 7.52. The predicted octanol–water partition coefficient (Wildman–Crippen LogP) is 1.35. The van der Waals surface area contributed by atoms with Crippen molar-refractivity contribution >= 4 is 11.7 Å². The number of hydrogen-bond acceptors (Lipinski definition) is 4. The van der Waals surface area contributed by atoms with E-state index in [2.05, 4.69) is 10.7 Å². The van der Waals surface area contributed by atoms with E-state index >= 15 is 0 Å². The molecular weight excluding hydrogens is 306 g/mol. The van der Waals surface area contributed by atoms with Gasteiger partial charge in [0.2, 0.25) is 5.56 Å². The van der Waals surface area contributed by atoms with Crippen molar-refractivity contribution in [3.63, 3.8) is 0 Å². The molecule has 2 amide bonds. The molecule has 0 spiro atoms. The maximum atomic E-state index is 11.6. The van der Waals surface area contributed by atoms with Crippen LogP contribution in [0.25, 0.3) is 0 Å². The molecule has 7 nitrogen and oxygen atoms in total. The normalized spacial score (nSPS) is 17.2. The fraction of sp³-hybridized carbons (Fsp3) is 0.176. The van der Waals surface area contributed by atoms with Crippen molar-refractivity contribution < 1.29 is 4.79 Å². The van der Waals surface area contributed by atoms with E-state index in [9.17, 15) is 9.59 Å². The molecule has 1 aromatic heterocycles. The number of para-hydroxylation sites is 1. The van der Waals surface area contributed by atoms with Crippen LogP contribution in [0.1, 0.15) is 18.5 Å². The summed E-state index contributed by atoms with van der Waals surface area (Å²) in [5.74, 6) is 0.590. The third kappa shape index (κ3) is 2.89. The summed E-state index contributed by atoms with van der Waals surface area (Å²) < 4.78 is 1.52.